The lowest BCUT2D eigenvalue weighted by molar-refractivity contribution is -0.139. The van der Waals surface area contributed by atoms with Crippen LogP contribution in [0, 0.1) is 0 Å². The van der Waals surface area contributed by atoms with Crippen LogP contribution in [0.5, 0.6) is 11.5 Å². The second kappa shape index (κ2) is 6.63. The van der Waals surface area contributed by atoms with Gasteiger partial charge in [-0.2, -0.15) is 0 Å². The standard InChI is InChI=1S/C13H17NO5/c1-2-3-4-9(13(18)19)14-12(17)8-5-6-10(15)11(16)7-8/h5-7,9,15-16H,2-4H2,1H3,(H,14,17)(H,18,19)/t9-/m0/s1. The Hall–Kier alpha value is -2.24. The Morgan fingerprint density at radius 2 is 1.95 bits per heavy atom. The van der Waals surface area contributed by atoms with Gasteiger partial charge in [-0.05, 0) is 24.6 Å². The summed E-state index contributed by atoms with van der Waals surface area (Å²) in [7, 11) is 0. The van der Waals surface area contributed by atoms with E-state index >= 15 is 0 Å². The molecule has 6 heteroatoms. The maximum atomic E-state index is 11.8. The van der Waals surface area contributed by atoms with E-state index in [-0.39, 0.29) is 11.3 Å². The van der Waals surface area contributed by atoms with Crippen molar-refractivity contribution >= 4 is 11.9 Å². The smallest absolute Gasteiger partial charge is 0.326 e. The summed E-state index contributed by atoms with van der Waals surface area (Å²) in [5.41, 5.74) is 0.0954. The van der Waals surface area contributed by atoms with Crippen molar-refractivity contribution in [3.05, 3.63) is 23.8 Å². The molecule has 0 aliphatic heterocycles. The van der Waals surface area contributed by atoms with E-state index in [9.17, 15) is 14.7 Å². The molecule has 0 saturated heterocycles. The highest BCUT2D eigenvalue weighted by Gasteiger charge is 2.20. The quantitative estimate of drug-likeness (QED) is 0.584. The van der Waals surface area contributed by atoms with Crippen LogP contribution in [0.2, 0.25) is 0 Å². The number of carbonyl (C=O) groups is 2. The lowest BCUT2D eigenvalue weighted by Crippen LogP contribution is -2.40. The Balaban J connectivity index is 2.75. The lowest BCUT2D eigenvalue weighted by Gasteiger charge is -2.14. The highest BCUT2D eigenvalue weighted by Crippen LogP contribution is 2.24. The Bertz CT molecular complexity index is 472. The molecule has 0 aliphatic rings. The van der Waals surface area contributed by atoms with E-state index in [2.05, 4.69) is 5.32 Å². The fraction of sp³-hybridized carbons (Fsp3) is 0.385. The largest absolute Gasteiger partial charge is 0.504 e. The molecule has 0 unspecified atom stereocenters. The van der Waals surface area contributed by atoms with Gasteiger partial charge in [0.05, 0.1) is 0 Å². The van der Waals surface area contributed by atoms with Crippen LogP contribution in [0.4, 0.5) is 0 Å². The van der Waals surface area contributed by atoms with Crippen LogP contribution in [0.3, 0.4) is 0 Å². The van der Waals surface area contributed by atoms with Crippen molar-refractivity contribution in [1.29, 1.82) is 0 Å². The van der Waals surface area contributed by atoms with E-state index in [0.29, 0.717) is 12.8 Å². The average molecular weight is 267 g/mol. The van der Waals surface area contributed by atoms with Crippen molar-refractivity contribution in [2.45, 2.75) is 32.2 Å². The molecule has 1 atom stereocenters. The minimum atomic E-state index is -1.09. The monoisotopic (exact) mass is 267 g/mol. The topological polar surface area (TPSA) is 107 Å². The first-order valence-electron chi connectivity index (χ1n) is 6.01. The molecule has 0 aromatic heterocycles. The molecule has 104 valence electrons. The highest BCUT2D eigenvalue weighted by atomic mass is 16.4. The molecular weight excluding hydrogens is 250 g/mol. The van der Waals surface area contributed by atoms with Crippen LogP contribution in [0.15, 0.2) is 18.2 Å². The number of phenolic OH excluding ortho intramolecular Hbond substituents is 2. The molecule has 1 amide bonds. The number of unbranched alkanes of at least 4 members (excludes halogenated alkanes) is 1. The van der Waals surface area contributed by atoms with Crippen LogP contribution in [-0.4, -0.2) is 33.2 Å². The summed E-state index contributed by atoms with van der Waals surface area (Å²) in [5, 5.41) is 29.8. The predicted molar refractivity (Wildman–Crippen MR) is 68.2 cm³/mol. The molecule has 19 heavy (non-hydrogen) atoms. The number of amides is 1. The molecule has 0 saturated carbocycles. The summed E-state index contributed by atoms with van der Waals surface area (Å²) in [5.74, 6) is -2.45. The Kier molecular flexibility index (Phi) is 5.17. The molecule has 0 spiro atoms. The number of hydrogen-bond acceptors (Lipinski definition) is 4. The van der Waals surface area contributed by atoms with Crippen molar-refractivity contribution < 1.29 is 24.9 Å². The number of nitrogens with one attached hydrogen (secondary N) is 1. The van der Waals surface area contributed by atoms with E-state index in [1.165, 1.54) is 12.1 Å². The van der Waals surface area contributed by atoms with Crippen molar-refractivity contribution in [2.75, 3.05) is 0 Å². The number of aromatic hydroxyl groups is 2. The number of aliphatic carboxylic acids is 1. The highest BCUT2D eigenvalue weighted by molar-refractivity contribution is 5.97. The van der Waals surface area contributed by atoms with Gasteiger partial charge in [-0.1, -0.05) is 19.8 Å². The minimum Gasteiger partial charge on any atom is -0.504 e. The van der Waals surface area contributed by atoms with Gasteiger partial charge in [-0.3, -0.25) is 4.79 Å². The summed E-state index contributed by atoms with van der Waals surface area (Å²) in [6.45, 7) is 1.93. The Labute approximate surface area is 110 Å². The van der Waals surface area contributed by atoms with Gasteiger partial charge in [0.2, 0.25) is 0 Å². The first-order chi connectivity index (χ1) is 8.95. The number of rotatable bonds is 6. The van der Waals surface area contributed by atoms with Crippen molar-refractivity contribution in [2.24, 2.45) is 0 Å². The first-order valence-corrected chi connectivity index (χ1v) is 6.01. The fourth-order valence-corrected chi connectivity index (χ4v) is 1.57. The summed E-state index contributed by atoms with van der Waals surface area (Å²) in [4.78, 5) is 22.8. The van der Waals surface area contributed by atoms with Crippen LogP contribution in [0.25, 0.3) is 0 Å². The number of phenols is 2. The van der Waals surface area contributed by atoms with Gasteiger partial charge < -0.3 is 20.6 Å². The third-order valence-electron chi connectivity index (χ3n) is 2.69. The number of hydrogen-bond donors (Lipinski definition) is 4. The van der Waals surface area contributed by atoms with Crippen LogP contribution < -0.4 is 5.32 Å². The molecule has 0 radical (unpaired) electrons. The zero-order chi connectivity index (χ0) is 14.4. The molecule has 0 heterocycles. The third kappa shape index (κ3) is 4.17. The van der Waals surface area contributed by atoms with Gasteiger partial charge in [0.25, 0.3) is 5.91 Å². The maximum Gasteiger partial charge on any atom is 0.326 e. The summed E-state index contributed by atoms with van der Waals surface area (Å²) in [6.07, 6.45) is 1.87. The predicted octanol–water partition coefficient (Wildman–Crippen LogP) is 1.47. The van der Waals surface area contributed by atoms with Crippen LogP contribution >= 0.6 is 0 Å². The summed E-state index contributed by atoms with van der Waals surface area (Å²) < 4.78 is 0. The van der Waals surface area contributed by atoms with Gasteiger partial charge in [0.15, 0.2) is 11.5 Å². The van der Waals surface area contributed by atoms with Gasteiger partial charge in [-0.25, -0.2) is 4.79 Å². The van der Waals surface area contributed by atoms with Crippen molar-refractivity contribution in [3.8, 4) is 11.5 Å². The van der Waals surface area contributed by atoms with E-state index in [1.54, 1.807) is 0 Å². The fourth-order valence-electron chi connectivity index (χ4n) is 1.57. The normalized spacial score (nSPS) is 11.8. The van der Waals surface area contributed by atoms with E-state index in [0.717, 1.165) is 12.5 Å². The van der Waals surface area contributed by atoms with Crippen LogP contribution in [-0.2, 0) is 4.79 Å². The van der Waals surface area contributed by atoms with Crippen molar-refractivity contribution in [3.63, 3.8) is 0 Å². The van der Waals surface area contributed by atoms with Gasteiger partial charge in [0, 0.05) is 5.56 Å². The number of benzene rings is 1. The van der Waals surface area contributed by atoms with E-state index in [1.807, 2.05) is 6.92 Å². The maximum absolute atomic E-state index is 11.8. The molecule has 1 aromatic rings. The Morgan fingerprint density at radius 3 is 2.47 bits per heavy atom. The first kappa shape index (κ1) is 14.8. The second-order valence-corrected chi connectivity index (χ2v) is 4.21. The molecule has 0 aliphatic carbocycles. The van der Waals surface area contributed by atoms with Crippen molar-refractivity contribution in [1.82, 2.24) is 5.32 Å². The Morgan fingerprint density at radius 1 is 1.26 bits per heavy atom. The van der Waals surface area contributed by atoms with Gasteiger partial charge in [0.1, 0.15) is 6.04 Å². The van der Waals surface area contributed by atoms with Gasteiger partial charge in [-0.15, -0.1) is 0 Å². The van der Waals surface area contributed by atoms with Gasteiger partial charge >= 0.3 is 5.97 Å². The number of carboxylic acids is 1. The molecule has 6 nitrogen and oxygen atoms in total. The SMILES string of the molecule is CCCC[C@H](NC(=O)c1ccc(O)c(O)c1)C(=O)O. The van der Waals surface area contributed by atoms with E-state index in [4.69, 9.17) is 10.2 Å². The molecule has 4 N–H and O–H groups in total. The molecule has 1 aromatic carbocycles. The number of carbonyl (C=O) groups excluding carboxylic acids is 1. The molecule has 0 fully saturated rings. The zero-order valence-corrected chi connectivity index (χ0v) is 10.6. The summed E-state index contributed by atoms with van der Waals surface area (Å²) in [6, 6.07) is 2.61. The lowest BCUT2D eigenvalue weighted by atomic mass is 10.1. The molecule has 1 rings (SSSR count). The molecular formula is C13H17NO5. The van der Waals surface area contributed by atoms with E-state index < -0.39 is 23.7 Å². The number of carboxylic acid groups (broad SMARTS) is 1. The second-order valence-electron chi connectivity index (χ2n) is 4.21. The third-order valence-corrected chi connectivity index (χ3v) is 2.69. The summed E-state index contributed by atoms with van der Waals surface area (Å²) >= 11 is 0. The molecule has 0 bridgehead atoms. The minimum absolute atomic E-state index is 0.0954. The van der Waals surface area contributed by atoms with Crippen LogP contribution in [0.1, 0.15) is 36.5 Å². The average Bonchev–Trinajstić information content (AvgIpc) is 2.37. The zero-order valence-electron chi connectivity index (χ0n) is 10.6.